The SMILES string of the molecule is O=C(O)C1=C[C@H]2C(=O)NC=N[C@H]2C=C1. The van der Waals surface area contributed by atoms with E-state index in [0.29, 0.717) is 0 Å². The van der Waals surface area contributed by atoms with Crippen molar-refractivity contribution in [2.75, 3.05) is 0 Å². The molecule has 0 aromatic rings. The molecule has 0 unspecified atom stereocenters. The first kappa shape index (κ1) is 8.68. The molecule has 0 saturated heterocycles. The number of carbonyl (C=O) groups excluding carboxylic acids is 1. The van der Waals surface area contributed by atoms with Gasteiger partial charge in [0, 0.05) is 0 Å². The number of nitrogens with one attached hydrogen (secondary N) is 1. The van der Waals surface area contributed by atoms with Gasteiger partial charge in [-0.2, -0.15) is 0 Å². The average Bonchev–Trinajstić information content (AvgIpc) is 2.18. The normalized spacial score (nSPS) is 29.1. The first-order valence-electron chi connectivity index (χ1n) is 4.14. The standard InChI is InChI=1S/C9H8N2O3/c12-8-6-3-5(9(13)14)1-2-7(6)10-4-11-8/h1-4,6-7H,(H,13,14)(H,10,11,12)/t6-,7+/m1/s1. The molecule has 1 amide bonds. The molecule has 5 heteroatoms. The van der Waals surface area contributed by atoms with Gasteiger partial charge in [-0.1, -0.05) is 12.2 Å². The Morgan fingerprint density at radius 2 is 2.36 bits per heavy atom. The number of amides is 1. The number of hydrogen-bond acceptors (Lipinski definition) is 3. The Balaban J connectivity index is 2.33. The lowest BCUT2D eigenvalue weighted by Crippen LogP contribution is -2.40. The van der Waals surface area contributed by atoms with Crippen LogP contribution in [0.4, 0.5) is 0 Å². The molecule has 0 aromatic carbocycles. The van der Waals surface area contributed by atoms with Gasteiger partial charge in [-0.15, -0.1) is 0 Å². The monoisotopic (exact) mass is 192 g/mol. The third-order valence-electron chi connectivity index (χ3n) is 2.20. The van der Waals surface area contributed by atoms with Crippen molar-refractivity contribution >= 4 is 18.2 Å². The van der Waals surface area contributed by atoms with Crippen molar-refractivity contribution in [3.8, 4) is 0 Å². The summed E-state index contributed by atoms with van der Waals surface area (Å²) in [6.45, 7) is 0. The number of aliphatic imine (C=N–C) groups is 1. The zero-order chi connectivity index (χ0) is 10.1. The summed E-state index contributed by atoms with van der Waals surface area (Å²) in [6, 6.07) is -0.258. The minimum atomic E-state index is -1.03. The zero-order valence-electron chi connectivity index (χ0n) is 7.18. The van der Waals surface area contributed by atoms with Gasteiger partial charge >= 0.3 is 5.97 Å². The fraction of sp³-hybridized carbons (Fsp3) is 0.222. The Bertz CT molecular complexity index is 382. The maximum absolute atomic E-state index is 11.3. The maximum atomic E-state index is 11.3. The van der Waals surface area contributed by atoms with Crippen LogP contribution in [0.1, 0.15) is 0 Å². The quantitative estimate of drug-likeness (QED) is 0.599. The van der Waals surface area contributed by atoms with Crippen molar-refractivity contribution in [2.45, 2.75) is 6.04 Å². The van der Waals surface area contributed by atoms with Crippen molar-refractivity contribution in [1.29, 1.82) is 0 Å². The highest BCUT2D eigenvalue weighted by molar-refractivity contribution is 5.97. The van der Waals surface area contributed by atoms with Gasteiger partial charge in [0.15, 0.2) is 0 Å². The largest absolute Gasteiger partial charge is 0.478 e. The molecular weight excluding hydrogens is 184 g/mol. The summed E-state index contributed by atoms with van der Waals surface area (Å²) < 4.78 is 0. The fourth-order valence-electron chi connectivity index (χ4n) is 1.47. The Morgan fingerprint density at radius 1 is 1.57 bits per heavy atom. The van der Waals surface area contributed by atoms with Crippen LogP contribution in [0.15, 0.2) is 28.8 Å². The minimum Gasteiger partial charge on any atom is -0.478 e. The Kier molecular flexibility index (Phi) is 1.92. The first-order valence-corrected chi connectivity index (χ1v) is 4.14. The molecule has 72 valence electrons. The van der Waals surface area contributed by atoms with Gasteiger partial charge in [0.05, 0.1) is 23.9 Å². The highest BCUT2D eigenvalue weighted by Crippen LogP contribution is 2.21. The Hall–Kier alpha value is -1.91. The first-order chi connectivity index (χ1) is 6.68. The van der Waals surface area contributed by atoms with Crippen molar-refractivity contribution in [3.05, 3.63) is 23.8 Å². The molecule has 0 spiro atoms. The lowest BCUT2D eigenvalue weighted by Gasteiger charge is -2.23. The molecule has 0 bridgehead atoms. The van der Waals surface area contributed by atoms with E-state index in [9.17, 15) is 9.59 Å². The van der Waals surface area contributed by atoms with Gasteiger partial charge < -0.3 is 10.4 Å². The van der Waals surface area contributed by atoms with Crippen LogP contribution >= 0.6 is 0 Å². The second-order valence-electron chi connectivity index (χ2n) is 3.09. The van der Waals surface area contributed by atoms with Crippen molar-refractivity contribution in [2.24, 2.45) is 10.9 Å². The van der Waals surface area contributed by atoms with Crippen LogP contribution in [0.25, 0.3) is 0 Å². The van der Waals surface area contributed by atoms with E-state index in [4.69, 9.17) is 5.11 Å². The lowest BCUT2D eigenvalue weighted by molar-refractivity contribution is -0.132. The number of carboxylic acids is 1. The summed E-state index contributed by atoms with van der Waals surface area (Å²) in [6.07, 6.45) is 5.87. The van der Waals surface area contributed by atoms with Gasteiger partial charge in [-0.3, -0.25) is 9.79 Å². The summed E-state index contributed by atoms with van der Waals surface area (Å²) in [5.41, 5.74) is 0.138. The third kappa shape index (κ3) is 1.32. The van der Waals surface area contributed by atoms with Crippen LogP contribution in [0, 0.1) is 5.92 Å². The fourth-order valence-corrected chi connectivity index (χ4v) is 1.47. The molecule has 5 nitrogen and oxygen atoms in total. The molecule has 0 fully saturated rings. The minimum absolute atomic E-state index is 0.138. The topological polar surface area (TPSA) is 78.8 Å². The number of nitrogens with zero attached hydrogens (tertiary/aromatic N) is 1. The smallest absolute Gasteiger partial charge is 0.335 e. The van der Waals surface area contributed by atoms with E-state index >= 15 is 0 Å². The van der Waals surface area contributed by atoms with E-state index < -0.39 is 11.9 Å². The van der Waals surface area contributed by atoms with E-state index in [-0.39, 0.29) is 17.5 Å². The van der Waals surface area contributed by atoms with E-state index in [2.05, 4.69) is 10.3 Å². The molecule has 1 aliphatic heterocycles. The summed E-state index contributed by atoms with van der Waals surface area (Å²) in [5, 5.41) is 11.2. The molecule has 1 aliphatic carbocycles. The van der Waals surface area contributed by atoms with Crippen LogP contribution in [-0.2, 0) is 9.59 Å². The second-order valence-corrected chi connectivity index (χ2v) is 3.09. The molecule has 2 aliphatic rings. The molecule has 0 saturated carbocycles. The van der Waals surface area contributed by atoms with E-state index in [0.717, 1.165) is 0 Å². The molecule has 2 atom stereocenters. The molecule has 2 N–H and O–H groups in total. The summed E-state index contributed by atoms with van der Waals surface area (Å²) in [5.74, 6) is -1.73. The molecule has 0 radical (unpaired) electrons. The van der Waals surface area contributed by atoms with E-state index in [1.807, 2.05) is 0 Å². The van der Waals surface area contributed by atoms with E-state index in [1.54, 1.807) is 6.08 Å². The zero-order valence-corrected chi connectivity index (χ0v) is 7.18. The van der Waals surface area contributed by atoms with Gasteiger partial charge in [-0.05, 0) is 6.08 Å². The second kappa shape index (κ2) is 3.10. The number of carboxylic acid groups (broad SMARTS) is 1. The number of fused-ring (bicyclic) bond motifs is 1. The van der Waals surface area contributed by atoms with Crippen LogP contribution in [0.3, 0.4) is 0 Å². The van der Waals surface area contributed by atoms with Crippen molar-refractivity contribution in [3.63, 3.8) is 0 Å². The summed E-state index contributed by atoms with van der Waals surface area (Å²) >= 11 is 0. The van der Waals surface area contributed by atoms with Crippen LogP contribution in [0.5, 0.6) is 0 Å². The lowest BCUT2D eigenvalue weighted by atomic mass is 9.90. The predicted octanol–water partition coefficient (Wildman–Crippen LogP) is -0.290. The van der Waals surface area contributed by atoms with Crippen LogP contribution in [0.2, 0.25) is 0 Å². The van der Waals surface area contributed by atoms with Crippen LogP contribution in [-0.4, -0.2) is 29.4 Å². The molecule has 2 rings (SSSR count). The summed E-state index contributed by atoms with van der Waals surface area (Å²) in [4.78, 5) is 26.0. The van der Waals surface area contributed by atoms with Gasteiger partial charge in [0.2, 0.25) is 5.91 Å². The number of hydrogen-bond donors (Lipinski definition) is 2. The predicted molar refractivity (Wildman–Crippen MR) is 48.8 cm³/mol. The van der Waals surface area contributed by atoms with Crippen molar-refractivity contribution < 1.29 is 14.7 Å². The molecule has 1 heterocycles. The maximum Gasteiger partial charge on any atom is 0.335 e. The van der Waals surface area contributed by atoms with Crippen molar-refractivity contribution in [1.82, 2.24) is 5.32 Å². The highest BCUT2D eigenvalue weighted by Gasteiger charge is 2.30. The van der Waals surface area contributed by atoms with E-state index in [1.165, 1.54) is 18.5 Å². The highest BCUT2D eigenvalue weighted by atomic mass is 16.4. The molecule has 0 aromatic heterocycles. The number of rotatable bonds is 1. The molecule has 14 heavy (non-hydrogen) atoms. The Morgan fingerprint density at radius 3 is 3.07 bits per heavy atom. The van der Waals surface area contributed by atoms with Gasteiger partial charge in [-0.25, -0.2) is 4.79 Å². The van der Waals surface area contributed by atoms with Gasteiger partial charge in [0.25, 0.3) is 0 Å². The molecular formula is C9H8N2O3. The van der Waals surface area contributed by atoms with Crippen LogP contribution < -0.4 is 5.32 Å². The third-order valence-corrected chi connectivity index (χ3v) is 2.20. The Labute approximate surface area is 79.8 Å². The average molecular weight is 192 g/mol. The number of aliphatic carboxylic acids is 1. The van der Waals surface area contributed by atoms with Gasteiger partial charge in [0.1, 0.15) is 0 Å². The number of carbonyl (C=O) groups is 2. The summed E-state index contributed by atoms with van der Waals surface area (Å²) in [7, 11) is 0.